The second kappa shape index (κ2) is 6.39. The Bertz CT molecular complexity index is 788. The van der Waals surface area contributed by atoms with Crippen LogP contribution in [0.5, 0.6) is 0 Å². The maximum absolute atomic E-state index is 13.3. The van der Waals surface area contributed by atoms with Crippen molar-refractivity contribution in [1.82, 2.24) is 9.97 Å². The van der Waals surface area contributed by atoms with Gasteiger partial charge >= 0.3 is 0 Å². The molecule has 3 aromatic rings. The van der Waals surface area contributed by atoms with Crippen LogP contribution in [0.4, 0.5) is 21.8 Å². The molecule has 0 atom stereocenters. The average Bonchev–Trinajstić information content (AvgIpc) is 2.52. The monoisotopic (exact) mass is 296 g/mol. The molecule has 112 valence electrons. The normalized spacial score (nSPS) is 10.6. The number of hydrogen-bond donors (Lipinski definition) is 2. The molecular formula is C17H17FN4. The minimum Gasteiger partial charge on any atom is -0.369 e. The maximum Gasteiger partial charge on any atom is 0.229 e. The van der Waals surface area contributed by atoms with E-state index < -0.39 is 0 Å². The summed E-state index contributed by atoms with van der Waals surface area (Å²) in [6, 6.07) is 14.1. The largest absolute Gasteiger partial charge is 0.369 e. The highest BCUT2D eigenvalue weighted by Crippen LogP contribution is 2.23. The van der Waals surface area contributed by atoms with Gasteiger partial charge in [-0.3, -0.25) is 0 Å². The average molecular weight is 296 g/mol. The van der Waals surface area contributed by atoms with Crippen molar-refractivity contribution < 1.29 is 4.39 Å². The van der Waals surface area contributed by atoms with Gasteiger partial charge in [0.2, 0.25) is 5.95 Å². The predicted octanol–water partition coefficient (Wildman–Crippen LogP) is 4.33. The van der Waals surface area contributed by atoms with E-state index in [1.54, 1.807) is 12.1 Å². The van der Waals surface area contributed by atoms with Gasteiger partial charge < -0.3 is 10.6 Å². The van der Waals surface area contributed by atoms with Gasteiger partial charge in [0, 0.05) is 17.6 Å². The smallest absolute Gasteiger partial charge is 0.229 e. The molecule has 0 radical (unpaired) electrons. The van der Waals surface area contributed by atoms with Gasteiger partial charge in [-0.1, -0.05) is 25.1 Å². The number of halogens is 1. The number of nitrogens with one attached hydrogen (secondary N) is 2. The van der Waals surface area contributed by atoms with Gasteiger partial charge in [0.1, 0.15) is 11.6 Å². The van der Waals surface area contributed by atoms with Crippen molar-refractivity contribution in [3.8, 4) is 0 Å². The third-order valence-corrected chi connectivity index (χ3v) is 3.23. The molecule has 0 saturated heterocycles. The van der Waals surface area contributed by atoms with E-state index in [2.05, 4.69) is 27.5 Å². The molecule has 0 spiro atoms. The van der Waals surface area contributed by atoms with Gasteiger partial charge in [0.25, 0.3) is 0 Å². The van der Waals surface area contributed by atoms with Crippen molar-refractivity contribution in [3.05, 3.63) is 54.3 Å². The Morgan fingerprint density at radius 1 is 1.05 bits per heavy atom. The Hall–Kier alpha value is -2.69. The molecule has 4 nitrogen and oxygen atoms in total. The molecule has 0 amide bonds. The Morgan fingerprint density at radius 3 is 2.73 bits per heavy atom. The molecule has 0 aliphatic carbocycles. The molecule has 0 aliphatic rings. The van der Waals surface area contributed by atoms with Crippen LogP contribution in [-0.4, -0.2) is 16.5 Å². The highest BCUT2D eigenvalue weighted by atomic mass is 19.1. The van der Waals surface area contributed by atoms with E-state index in [1.165, 1.54) is 12.1 Å². The number of nitrogens with zero attached hydrogens (tertiary/aromatic N) is 2. The summed E-state index contributed by atoms with van der Waals surface area (Å²) in [7, 11) is 0. The number of anilines is 3. The number of hydrogen-bond acceptors (Lipinski definition) is 4. The van der Waals surface area contributed by atoms with Crippen molar-refractivity contribution in [3.63, 3.8) is 0 Å². The third kappa shape index (κ3) is 3.14. The zero-order chi connectivity index (χ0) is 15.4. The van der Waals surface area contributed by atoms with Crippen LogP contribution >= 0.6 is 0 Å². The Morgan fingerprint density at radius 2 is 1.91 bits per heavy atom. The summed E-state index contributed by atoms with van der Waals surface area (Å²) in [5, 5.41) is 7.33. The lowest BCUT2D eigenvalue weighted by Gasteiger charge is -2.11. The van der Waals surface area contributed by atoms with Crippen LogP contribution in [0.25, 0.3) is 10.9 Å². The first-order valence-corrected chi connectivity index (χ1v) is 7.29. The second-order valence-corrected chi connectivity index (χ2v) is 4.98. The van der Waals surface area contributed by atoms with Crippen LogP contribution in [0, 0.1) is 5.82 Å². The van der Waals surface area contributed by atoms with Gasteiger partial charge in [-0.2, -0.15) is 4.98 Å². The molecule has 0 aliphatic heterocycles. The quantitative estimate of drug-likeness (QED) is 0.735. The van der Waals surface area contributed by atoms with E-state index in [-0.39, 0.29) is 5.82 Å². The van der Waals surface area contributed by atoms with E-state index in [0.717, 1.165) is 29.7 Å². The van der Waals surface area contributed by atoms with Gasteiger partial charge in [-0.25, -0.2) is 9.37 Å². The van der Waals surface area contributed by atoms with Crippen molar-refractivity contribution in [2.75, 3.05) is 17.2 Å². The van der Waals surface area contributed by atoms with E-state index in [0.29, 0.717) is 11.6 Å². The van der Waals surface area contributed by atoms with Crippen LogP contribution in [-0.2, 0) is 0 Å². The Kier molecular flexibility index (Phi) is 4.14. The summed E-state index contributed by atoms with van der Waals surface area (Å²) in [6.07, 6.45) is 1.00. The molecule has 5 heteroatoms. The number of fused-ring (bicyclic) bond motifs is 1. The highest BCUT2D eigenvalue weighted by molar-refractivity contribution is 5.90. The molecule has 0 unspecified atom stereocenters. The molecule has 1 heterocycles. The number of benzene rings is 2. The predicted molar refractivity (Wildman–Crippen MR) is 88.0 cm³/mol. The van der Waals surface area contributed by atoms with Crippen molar-refractivity contribution >= 4 is 28.4 Å². The van der Waals surface area contributed by atoms with E-state index >= 15 is 0 Å². The van der Waals surface area contributed by atoms with Gasteiger partial charge in [-0.15, -0.1) is 0 Å². The zero-order valence-electron chi connectivity index (χ0n) is 12.3. The fourth-order valence-corrected chi connectivity index (χ4v) is 2.21. The molecule has 0 fully saturated rings. The number of para-hydroxylation sites is 1. The first kappa shape index (κ1) is 14.3. The fraction of sp³-hybridized carbons (Fsp3) is 0.176. The highest BCUT2D eigenvalue weighted by Gasteiger charge is 2.07. The summed E-state index contributed by atoms with van der Waals surface area (Å²) in [5.41, 5.74) is 1.46. The second-order valence-electron chi connectivity index (χ2n) is 4.98. The SMILES string of the molecule is CCCNc1nc(Nc2cccc(F)c2)nc2ccccc12. The molecule has 2 aromatic carbocycles. The summed E-state index contributed by atoms with van der Waals surface area (Å²) in [5.74, 6) is 0.935. The van der Waals surface area contributed by atoms with Crippen LogP contribution in [0.1, 0.15) is 13.3 Å². The van der Waals surface area contributed by atoms with Crippen molar-refractivity contribution in [2.45, 2.75) is 13.3 Å². The minimum atomic E-state index is -0.296. The lowest BCUT2D eigenvalue weighted by molar-refractivity contribution is 0.628. The Balaban J connectivity index is 1.98. The Labute approximate surface area is 128 Å². The first-order valence-electron chi connectivity index (χ1n) is 7.29. The number of aromatic nitrogens is 2. The lowest BCUT2D eigenvalue weighted by atomic mass is 10.2. The summed E-state index contributed by atoms with van der Waals surface area (Å²) < 4.78 is 13.3. The van der Waals surface area contributed by atoms with Gasteiger partial charge in [-0.05, 0) is 36.8 Å². The molecule has 0 bridgehead atoms. The molecule has 0 saturated carbocycles. The summed E-state index contributed by atoms with van der Waals surface area (Å²) in [4.78, 5) is 8.99. The molecule has 3 rings (SSSR count). The van der Waals surface area contributed by atoms with Crippen LogP contribution in [0.3, 0.4) is 0 Å². The van der Waals surface area contributed by atoms with Gasteiger partial charge in [0.15, 0.2) is 0 Å². The van der Waals surface area contributed by atoms with Crippen LogP contribution in [0.2, 0.25) is 0 Å². The van der Waals surface area contributed by atoms with Crippen molar-refractivity contribution in [1.29, 1.82) is 0 Å². The first-order chi connectivity index (χ1) is 10.8. The maximum atomic E-state index is 13.3. The standard InChI is InChI=1S/C17H17FN4/c1-2-10-19-16-14-8-3-4-9-15(14)21-17(22-16)20-13-7-5-6-12(18)11-13/h3-9,11H,2,10H2,1H3,(H2,19,20,21,22). The van der Waals surface area contributed by atoms with Crippen LogP contribution in [0.15, 0.2) is 48.5 Å². The topological polar surface area (TPSA) is 49.8 Å². The minimum absolute atomic E-state index is 0.296. The third-order valence-electron chi connectivity index (χ3n) is 3.23. The molecule has 22 heavy (non-hydrogen) atoms. The lowest BCUT2D eigenvalue weighted by Crippen LogP contribution is -2.06. The summed E-state index contributed by atoms with van der Waals surface area (Å²) >= 11 is 0. The number of rotatable bonds is 5. The van der Waals surface area contributed by atoms with Gasteiger partial charge in [0.05, 0.1) is 5.52 Å². The fourth-order valence-electron chi connectivity index (χ4n) is 2.21. The van der Waals surface area contributed by atoms with Crippen molar-refractivity contribution in [2.24, 2.45) is 0 Å². The molecular weight excluding hydrogens is 279 g/mol. The summed E-state index contributed by atoms with van der Waals surface area (Å²) in [6.45, 7) is 2.93. The molecule has 2 N–H and O–H groups in total. The van der Waals surface area contributed by atoms with E-state index in [9.17, 15) is 4.39 Å². The molecule has 1 aromatic heterocycles. The van der Waals surface area contributed by atoms with E-state index in [4.69, 9.17) is 0 Å². The van der Waals surface area contributed by atoms with Crippen LogP contribution < -0.4 is 10.6 Å². The zero-order valence-corrected chi connectivity index (χ0v) is 12.3. The van der Waals surface area contributed by atoms with E-state index in [1.807, 2.05) is 24.3 Å².